The van der Waals surface area contributed by atoms with Crippen LogP contribution in [0.4, 0.5) is 4.79 Å². The van der Waals surface area contributed by atoms with Gasteiger partial charge in [-0.1, -0.05) is 42.0 Å². The summed E-state index contributed by atoms with van der Waals surface area (Å²) in [6.07, 6.45) is 7.84. The second-order valence-electron chi connectivity index (χ2n) is 4.31. The van der Waals surface area contributed by atoms with E-state index in [1.54, 1.807) is 12.1 Å². The first kappa shape index (κ1) is 13.7. The van der Waals surface area contributed by atoms with Gasteiger partial charge in [-0.2, -0.15) is 0 Å². The highest BCUT2D eigenvalue weighted by Gasteiger charge is 2.04. The summed E-state index contributed by atoms with van der Waals surface area (Å²) in [4.78, 5) is 11.5. The molecule has 2 rings (SSSR count). The van der Waals surface area contributed by atoms with Gasteiger partial charge in [0.1, 0.15) is 6.61 Å². The van der Waals surface area contributed by atoms with Crippen molar-refractivity contribution in [3.63, 3.8) is 0 Å². The standard InChI is InChI=1S/C15H16ClNO2/c16-14-8-6-12(7-9-14)10-17-15(18)19-11-13-4-2-1-3-5-13/h2,4-9H,1,3,10-11H2,(H,17,18). The van der Waals surface area contributed by atoms with E-state index in [4.69, 9.17) is 16.3 Å². The molecule has 0 bridgehead atoms. The van der Waals surface area contributed by atoms with Gasteiger partial charge in [-0.3, -0.25) is 0 Å². The molecule has 19 heavy (non-hydrogen) atoms. The van der Waals surface area contributed by atoms with Crippen LogP contribution in [0.3, 0.4) is 0 Å². The van der Waals surface area contributed by atoms with Crippen molar-refractivity contribution >= 4 is 17.7 Å². The van der Waals surface area contributed by atoms with Gasteiger partial charge in [0.05, 0.1) is 0 Å². The SMILES string of the molecule is O=C(NCc1ccc(Cl)cc1)OCC1=CCCC=C1. The quantitative estimate of drug-likeness (QED) is 0.908. The number of allylic oxidation sites excluding steroid dienone is 2. The van der Waals surface area contributed by atoms with E-state index in [1.165, 1.54) is 0 Å². The average molecular weight is 278 g/mol. The van der Waals surface area contributed by atoms with Crippen LogP contribution in [0, 0.1) is 0 Å². The van der Waals surface area contributed by atoms with Crippen LogP contribution in [0.2, 0.25) is 5.02 Å². The van der Waals surface area contributed by atoms with Crippen molar-refractivity contribution in [2.75, 3.05) is 6.61 Å². The van der Waals surface area contributed by atoms with Crippen LogP contribution in [-0.2, 0) is 11.3 Å². The maximum atomic E-state index is 11.5. The van der Waals surface area contributed by atoms with E-state index < -0.39 is 6.09 Å². The minimum atomic E-state index is -0.408. The number of hydrogen-bond acceptors (Lipinski definition) is 2. The van der Waals surface area contributed by atoms with Gasteiger partial charge in [-0.15, -0.1) is 0 Å². The monoisotopic (exact) mass is 277 g/mol. The fourth-order valence-electron chi connectivity index (χ4n) is 1.75. The minimum Gasteiger partial charge on any atom is -0.445 e. The smallest absolute Gasteiger partial charge is 0.407 e. The number of carbonyl (C=O) groups excluding carboxylic acids is 1. The molecule has 1 N–H and O–H groups in total. The molecule has 0 unspecified atom stereocenters. The van der Waals surface area contributed by atoms with Gasteiger partial charge in [0.15, 0.2) is 0 Å². The molecule has 0 aliphatic heterocycles. The minimum absolute atomic E-state index is 0.322. The second-order valence-corrected chi connectivity index (χ2v) is 4.75. The largest absolute Gasteiger partial charge is 0.445 e. The number of carbonyl (C=O) groups is 1. The lowest BCUT2D eigenvalue weighted by atomic mass is 10.1. The molecular weight excluding hydrogens is 262 g/mol. The van der Waals surface area contributed by atoms with Crippen LogP contribution in [0.15, 0.2) is 48.1 Å². The van der Waals surface area contributed by atoms with E-state index in [0.29, 0.717) is 18.2 Å². The number of benzene rings is 1. The third kappa shape index (κ3) is 4.79. The number of halogens is 1. The molecule has 0 aromatic heterocycles. The Kier molecular flexibility index (Phi) is 5.04. The van der Waals surface area contributed by atoms with Crippen LogP contribution in [0.1, 0.15) is 18.4 Å². The molecule has 0 atom stereocenters. The Morgan fingerprint density at radius 3 is 2.74 bits per heavy atom. The number of alkyl carbamates (subject to hydrolysis) is 1. The van der Waals surface area contributed by atoms with Crippen molar-refractivity contribution in [3.8, 4) is 0 Å². The lowest BCUT2D eigenvalue weighted by molar-refractivity contribution is 0.156. The van der Waals surface area contributed by atoms with Gasteiger partial charge in [0.25, 0.3) is 0 Å². The lowest BCUT2D eigenvalue weighted by Crippen LogP contribution is -2.24. The number of amides is 1. The molecule has 0 saturated carbocycles. The summed E-state index contributed by atoms with van der Waals surface area (Å²) in [6.45, 7) is 0.758. The zero-order valence-corrected chi connectivity index (χ0v) is 11.3. The maximum absolute atomic E-state index is 11.5. The van der Waals surface area contributed by atoms with E-state index in [0.717, 1.165) is 24.0 Å². The highest BCUT2D eigenvalue weighted by Crippen LogP contribution is 2.10. The third-order valence-electron chi connectivity index (χ3n) is 2.79. The van der Waals surface area contributed by atoms with Crippen LogP contribution >= 0.6 is 11.6 Å². The van der Waals surface area contributed by atoms with E-state index >= 15 is 0 Å². The second kappa shape index (κ2) is 7.00. The molecule has 1 aliphatic carbocycles. The third-order valence-corrected chi connectivity index (χ3v) is 3.04. The summed E-state index contributed by atoms with van der Waals surface area (Å²) < 4.78 is 5.13. The van der Waals surface area contributed by atoms with E-state index in [-0.39, 0.29) is 0 Å². The van der Waals surface area contributed by atoms with Crippen LogP contribution in [-0.4, -0.2) is 12.7 Å². The number of hydrogen-bond donors (Lipinski definition) is 1. The molecular formula is C15H16ClNO2. The summed E-state index contributed by atoms with van der Waals surface area (Å²) in [5.74, 6) is 0. The Labute approximate surface area is 117 Å². The van der Waals surface area contributed by atoms with E-state index in [1.807, 2.05) is 18.2 Å². The van der Waals surface area contributed by atoms with Crippen LogP contribution < -0.4 is 5.32 Å². The first-order valence-corrected chi connectivity index (χ1v) is 6.62. The average Bonchev–Trinajstić information content (AvgIpc) is 2.45. The Morgan fingerprint density at radius 2 is 2.05 bits per heavy atom. The highest BCUT2D eigenvalue weighted by molar-refractivity contribution is 6.30. The summed E-state index contributed by atoms with van der Waals surface area (Å²) in [7, 11) is 0. The number of nitrogens with one attached hydrogen (secondary N) is 1. The molecule has 0 fully saturated rings. The van der Waals surface area contributed by atoms with E-state index in [2.05, 4.69) is 17.5 Å². The van der Waals surface area contributed by atoms with Crippen molar-refractivity contribution in [1.82, 2.24) is 5.32 Å². The van der Waals surface area contributed by atoms with Gasteiger partial charge in [0, 0.05) is 11.6 Å². The Balaban J connectivity index is 1.71. The molecule has 1 aromatic rings. The number of rotatable bonds is 4. The fourth-order valence-corrected chi connectivity index (χ4v) is 1.88. The fraction of sp³-hybridized carbons (Fsp3) is 0.267. The molecule has 100 valence electrons. The predicted octanol–water partition coefficient (Wildman–Crippen LogP) is 3.84. The Morgan fingerprint density at radius 1 is 1.26 bits per heavy atom. The zero-order chi connectivity index (χ0) is 13.5. The van der Waals surface area contributed by atoms with Gasteiger partial charge < -0.3 is 10.1 Å². The Bertz CT molecular complexity index is 491. The maximum Gasteiger partial charge on any atom is 0.407 e. The first-order valence-electron chi connectivity index (χ1n) is 6.25. The molecule has 1 aromatic carbocycles. The molecule has 3 nitrogen and oxygen atoms in total. The van der Waals surface area contributed by atoms with Gasteiger partial charge in [-0.25, -0.2) is 4.79 Å². The molecule has 1 amide bonds. The number of ether oxygens (including phenoxy) is 1. The molecule has 0 radical (unpaired) electrons. The lowest BCUT2D eigenvalue weighted by Gasteiger charge is -2.09. The van der Waals surface area contributed by atoms with Gasteiger partial charge in [0.2, 0.25) is 0 Å². The van der Waals surface area contributed by atoms with Crippen molar-refractivity contribution in [3.05, 3.63) is 58.7 Å². The summed E-state index contributed by atoms with van der Waals surface area (Å²) in [6, 6.07) is 7.33. The van der Waals surface area contributed by atoms with Crippen molar-refractivity contribution in [1.29, 1.82) is 0 Å². The molecule has 1 aliphatic rings. The molecule has 0 spiro atoms. The van der Waals surface area contributed by atoms with Crippen LogP contribution in [0.5, 0.6) is 0 Å². The van der Waals surface area contributed by atoms with Gasteiger partial charge >= 0.3 is 6.09 Å². The van der Waals surface area contributed by atoms with E-state index in [9.17, 15) is 4.79 Å². The predicted molar refractivity (Wildman–Crippen MR) is 76.1 cm³/mol. The summed E-state index contributed by atoms with van der Waals surface area (Å²) in [5.41, 5.74) is 2.03. The molecule has 0 heterocycles. The highest BCUT2D eigenvalue weighted by atomic mass is 35.5. The zero-order valence-electron chi connectivity index (χ0n) is 10.6. The normalized spacial score (nSPS) is 13.8. The Hall–Kier alpha value is -1.74. The van der Waals surface area contributed by atoms with Crippen molar-refractivity contribution in [2.45, 2.75) is 19.4 Å². The summed E-state index contributed by atoms with van der Waals surface area (Å²) >= 11 is 5.79. The first-order chi connectivity index (χ1) is 9.24. The van der Waals surface area contributed by atoms with Crippen molar-refractivity contribution in [2.24, 2.45) is 0 Å². The van der Waals surface area contributed by atoms with Gasteiger partial charge in [-0.05, 0) is 36.1 Å². The molecule has 4 heteroatoms. The topological polar surface area (TPSA) is 38.3 Å². The molecule has 0 saturated heterocycles. The van der Waals surface area contributed by atoms with Crippen molar-refractivity contribution < 1.29 is 9.53 Å². The summed E-state index contributed by atoms with van der Waals surface area (Å²) in [5, 5.41) is 3.39. The van der Waals surface area contributed by atoms with Crippen LogP contribution in [0.25, 0.3) is 0 Å².